The number of benzene rings is 1. The molecular formula is C25H19FN4O4S2. The summed E-state index contributed by atoms with van der Waals surface area (Å²) < 4.78 is 26.6. The van der Waals surface area contributed by atoms with E-state index < -0.39 is 17.8 Å². The molecule has 0 radical (unpaired) electrons. The summed E-state index contributed by atoms with van der Waals surface area (Å²) in [5.74, 6) is -0.520. The number of hydrogen-bond acceptors (Lipinski definition) is 9. The molecule has 1 aliphatic heterocycles. The minimum Gasteiger partial charge on any atom is -0.463 e. The summed E-state index contributed by atoms with van der Waals surface area (Å²) in [5, 5.41) is 1.11. The maximum Gasteiger partial charge on any atom is 0.338 e. The lowest BCUT2D eigenvalue weighted by Gasteiger charge is -2.24. The minimum absolute atomic E-state index is 0.170. The molecule has 36 heavy (non-hydrogen) atoms. The van der Waals surface area contributed by atoms with E-state index in [1.807, 2.05) is 0 Å². The molecule has 5 rings (SSSR count). The summed E-state index contributed by atoms with van der Waals surface area (Å²) in [6.07, 6.45) is 4.92. The molecule has 0 fully saturated rings. The summed E-state index contributed by atoms with van der Waals surface area (Å²) in [7, 11) is 0. The van der Waals surface area contributed by atoms with E-state index in [1.54, 1.807) is 62.6 Å². The lowest BCUT2D eigenvalue weighted by Crippen LogP contribution is -2.39. The lowest BCUT2D eigenvalue weighted by molar-refractivity contribution is -0.139. The third kappa shape index (κ3) is 4.67. The van der Waals surface area contributed by atoms with Gasteiger partial charge in [-0.25, -0.2) is 24.1 Å². The van der Waals surface area contributed by atoms with E-state index in [1.165, 1.54) is 39.8 Å². The van der Waals surface area contributed by atoms with Crippen molar-refractivity contribution < 1.29 is 18.3 Å². The highest BCUT2D eigenvalue weighted by atomic mass is 32.2. The molecule has 4 heterocycles. The SMILES string of the molecule is CCOC(=O)C1=C(C)N=c2s/c(=C/c3ccc(Sc4ncccn4)o3)c(=O)n2[C@@H]1c1ccc(F)cc1. The van der Waals surface area contributed by atoms with Crippen LogP contribution >= 0.6 is 23.1 Å². The third-order valence-electron chi connectivity index (χ3n) is 5.31. The summed E-state index contributed by atoms with van der Waals surface area (Å²) >= 11 is 2.44. The Hall–Kier alpha value is -3.83. The van der Waals surface area contributed by atoms with E-state index in [-0.39, 0.29) is 17.7 Å². The van der Waals surface area contributed by atoms with E-state index in [0.29, 0.717) is 36.6 Å². The number of ether oxygens (including phenoxy) is 1. The van der Waals surface area contributed by atoms with Gasteiger partial charge in [-0.15, -0.1) is 0 Å². The largest absolute Gasteiger partial charge is 0.463 e. The first-order valence-corrected chi connectivity index (χ1v) is 12.6. The van der Waals surface area contributed by atoms with Crippen molar-refractivity contribution in [3.05, 3.63) is 103 Å². The van der Waals surface area contributed by atoms with Crippen LogP contribution < -0.4 is 14.9 Å². The quantitative estimate of drug-likeness (QED) is 0.282. The van der Waals surface area contributed by atoms with Crippen molar-refractivity contribution in [2.24, 2.45) is 4.99 Å². The number of carbonyl (C=O) groups excluding carboxylic acids is 1. The molecule has 11 heteroatoms. The van der Waals surface area contributed by atoms with Crippen LogP contribution in [0.2, 0.25) is 0 Å². The van der Waals surface area contributed by atoms with Crippen LogP contribution in [-0.4, -0.2) is 27.1 Å². The van der Waals surface area contributed by atoms with Crippen molar-refractivity contribution >= 4 is 35.1 Å². The minimum atomic E-state index is -0.805. The van der Waals surface area contributed by atoms with Crippen LogP contribution in [0.1, 0.15) is 31.2 Å². The number of aromatic nitrogens is 3. The Balaban J connectivity index is 1.59. The molecule has 0 aliphatic carbocycles. The first-order chi connectivity index (χ1) is 17.4. The highest BCUT2D eigenvalue weighted by molar-refractivity contribution is 7.99. The molecule has 1 aromatic carbocycles. The Morgan fingerprint density at radius 2 is 1.97 bits per heavy atom. The molecule has 1 aliphatic rings. The Bertz CT molecular complexity index is 1640. The van der Waals surface area contributed by atoms with Gasteiger partial charge in [-0.1, -0.05) is 23.5 Å². The van der Waals surface area contributed by atoms with E-state index in [2.05, 4.69) is 15.0 Å². The molecule has 8 nitrogen and oxygen atoms in total. The van der Waals surface area contributed by atoms with Gasteiger partial charge in [-0.3, -0.25) is 9.36 Å². The van der Waals surface area contributed by atoms with Crippen LogP contribution in [0.5, 0.6) is 0 Å². The van der Waals surface area contributed by atoms with Crippen LogP contribution in [0, 0.1) is 5.82 Å². The number of thiazole rings is 1. The topological polar surface area (TPSA) is 99.6 Å². The van der Waals surface area contributed by atoms with Gasteiger partial charge in [-0.05, 0) is 61.5 Å². The van der Waals surface area contributed by atoms with Crippen LogP contribution in [0.3, 0.4) is 0 Å². The maximum atomic E-state index is 13.7. The van der Waals surface area contributed by atoms with E-state index in [9.17, 15) is 14.0 Å². The highest BCUT2D eigenvalue weighted by Gasteiger charge is 2.33. The Morgan fingerprint density at radius 3 is 2.69 bits per heavy atom. The van der Waals surface area contributed by atoms with E-state index >= 15 is 0 Å². The van der Waals surface area contributed by atoms with Gasteiger partial charge in [0.1, 0.15) is 11.6 Å². The number of nitrogens with zero attached hydrogens (tertiary/aromatic N) is 4. The molecule has 0 unspecified atom stereocenters. The van der Waals surface area contributed by atoms with Crippen molar-refractivity contribution in [2.75, 3.05) is 6.61 Å². The van der Waals surface area contributed by atoms with Gasteiger partial charge in [0.2, 0.25) is 0 Å². The average molecular weight is 523 g/mol. The Labute approximate surface area is 212 Å². The van der Waals surface area contributed by atoms with Gasteiger partial charge in [-0.2, -0.15) is 0 Å². The number of carbonyl (C=O) groups is 1. The van der Waals surface area contributed by atoms with Crippen molar-refractivity contribution in [1.82, 2.24) is 14.5 Å². The number of allylic oxidation sites excluding steroid dienone is 1. The first-order valence-electron chi connectivity index (χ1n) is 10.9. The van der Waals surface area contributed by atoms with Crippen molar-refractivity contribution in [3.8, 4) is 0 Å². The molecule has 182 valence electrons. The summed E-state index contributed by atoms with van der Waals surface area (Å²) in [5.41, 5.74) is 0.900. The number of fused-ring (bicyclic) bond motifs is 1. The number of halogens is 1. The van der Waals surface area contributed by atoms with Crippen LogP contribution in [-0.2, 0) is 9.53 Å². The molecule has 3 aromatic heterocycles. The second-order valence-corrected chi connectivity index (χ2v) is 9.62. The predicted octanol–water partition coefficient (Wildman–Crippen LogP) is 3.47. The summed E-state index contributed by atoms with van der Waals surface area (Å²) in [4.78, 5) is 39.7. The van der Waals surface area contributed by atoms with Crippen molar-refractivity contribution in [3.63, 3.8) is 0 Å². The second kappa shape index (κ2) is 10.0. The fraction of sp³-hybridized carbons (Fsp3) is 0.160. The molecule has 0 amide bonds. The zero-order valence-electron chi connectivity index (χ0n) is 19.2. The van der Waals surface area contributed by atoms with Gasteiger partial charge < -0.3 is 9.15 Å². The zero-order chi connectivity index (χ0) is 25.2. The van der Waals surface area contributed by atoms with E-state index in [4.69, 9.17) is 9.15 Å². The van der Waals surface area contributed by atoms with Gasteiger partial charge in [0.25, 0.3) is 5.56 Å². The molecule has 1 atom stereocenters. The Morgan fingerprint density at radius 1 is 1.22 bits per heavy atom. The molecule has 0 saturated carbocycles. The average Bonchev–Trinajstić information content (AvgIpc) is 3.43. The first kappa shape index (κ1) is 23.9. The van der Waals surface area contributed by atoms with Crippen LogP contribution in [0.15, 0.2) is 90.6 Å². The van der Waals surface area contributed by atoms with Crippen molar-refractivity contribution in [2.45, 2.75) is 30.1 Å². The highest BCUT2D eigenvalue weighted by Crippen LogP contribution is 2.31. The monoisotopic (exact) mass is 522 g/mol. The number of rotatable bonds is 6. The van der Waals surface area contributed by atoms with E-state index in [0.717, 1.165) is 0 Å². The van der Waals surface area contributed by atoms with Crippen molar-refractivity contribution in [1.29, 1.82) is 0 Å². The maximum absolute atomic E-state index is 13.7. The molecule has 0 saturated heterocycles. The predicted molar refractivity (Wildman–Crippen MR) is 132 cm³/mol. The van der Waals surface area contributed by atoms with Crippen LogP contribution in [0.25, 0.3) is 6.08 Å². The second-order valence-electron chi connectivity index (χ2n) is 7.64. The zero-order valence-corrected chi connectivity index (χ0v) is 20.8. The van der Waals surface area contributed by atoms with Gasteiger partial charge >= 0.3 is 5.97 Å². The number of esters is 1. The molecule has 0 bridgehead atoms. The normalized spacial score (nSPS) is 15.5. The van der Waals surface area contributed by atoms with Gasteiger partial charge in [0.15, 0.2) is 15.1 Å². The third-order valence-corrected chi connectivity index (χ3v) is 7.11. The Kier molecular flexibility index (Phi) is 6.66. The number of furan rings is 1. The smallest absolute Gasteiger partial charge is 0.338 e. The molecule has 0 N–H and O–H groups in total. The summed E-state index contributed by atoms with van der Waals surface area (Å²) in [6.45, 7) is 3.57. The van der Waals surface area contributed by atoms with Gasteiger partial charge in [0, 0.05) is 18.5 Å². The summed E-state index contributed by atoms with van der Waals surface area (Å²) in [6, 6.07) is 10.1. The standard InChI is InChI=1S/C25H19FN4O4S2/c1-3-33-23(32)20-14(2)29-25-30(21(20)15-5-7-16(26)8-6-15)22(31)18(35-25)13-17-9-10-19(34-17)36-24-27-11-4-12-28-24/h4-13,21H,3H2,1-2H3/b18-13+/t21-/m1/s1. The fourth-order valence-corrected chi connectivity index (χ4v) is 5.48. The van der Waals surface area contributed by atoms with Crippen LogP contribution in [0.4, 0.5) is 4.39 Å². The van der Waals surface area contributed by atoms with Gasteiger partial charge in [0.05, 0.1) is 28.5 Å². The molecule has 0 spiro atoms. The molecular weight excluding hydrogens is 503 g/mol. The number of hydrogen-bond donors (Lipinski definition) is 0. The lowest BCUT2D eigenvalue weighted by atomic mass is 9.96. The molecule has 4 aromatic rings. The fourth-order valence-electron chi connectivity index (χ4n) is 3.78.